The Hall–Kier alpha value is -2.03. The SMILES string of the molecule is COc1coc(C=Cc2ccccc2)n1. The summed E-state index contributed by atoms with van der Waals surface area (Å²) in [7, 11) is 1.56. The Balaban J connectivity index is 2.11. The average molecular weight is 201 g/mol. The van der Waals surface area contributed by atoms with E-state index >= 15 is 0 Å². The molecule has 1 aromatic carbocycles. The first-order chi connectivity index (χ1) is 7.38. The van der Waals surface area contributed by atoms with Crippen molar-refractivity contribution < 1.29 is 9.15 Å². The monoisotopic (exact) mass is 201 g/mol. The zero-order valence-corrected chi connectivity index (χ0v) is 8.38. The second kappa shape index (κ2) is 4.46. The van der Waals surface area contributed by atoms with Crippen molar-refractivity contribution in [1.82, 2.24) is 4.98 Å². The minimum absolute atomic E-state index is 0.489. The second-order valence-corrected chi connectivity index (χ2v) is 2.97. The third-order valence-electron chi connectivity index (χ3n) is 1.93. The Bertz CT molecular complexity index is 446. The Morgan fingerprint density at radius 2 is 2.00 bits per heavy atom. The fourth-order valence-corrected chi connectivity index (χ4v) is 1.17. The first-order valence-corrected chi connectivity index (χ1v) is 4.61. The van der Waals surface area contributed by atoms with E-state index in [9.17, 15) is 0 Å². The molecule has 3 heteroatoms. The second-order valence-electron chi connectivity index (χ2n) is 2.97. The third kappa shape index (κ3) is 2.47. The highest BCUT2D eigenvalue weighted by molar-refractivity contribution is 5.65. The van der Waals surface area contributed by atoms with Crippen molar-refractivity contribution in [3.63, 3.8) is 0 Å². The molecular weight excluding hydrogens is 190 g/mol. The number of oxazole rings is 1. The van der Waals surface area contributed by atoms with Gasteiger partial charge in [0.2, 0.25) is 5.89 Å². The number of hydrogen-bond acceptors (Lipinski definition) is 3. The average Bonchev–Trinajstić information content (AvgIpc) is 2.76. The van der Waals surface area contributed by atoms with Crippen molar-refractivity contribution in [3.8, 4) is 5.88 Å². The molecule has 0 fully saturated rings. The zero-order chi connectivity index (χ0) is 10.5. The summed E-state index contributed by atoms with van der Waals surface area (Å²) in [6.45, 7) is 0. The third-order valence-corrected chi connectivity index (χ3v) is 1.93. The normalized spacial score (nSPS) is 10.7. The molecule has 0 saturated carbocycles. The molecule has 76 valence electrons. The first-order valence-electron chi connectivity index (χ1n) is 4.61. The highest BCUT2D eigenvalue weighted by Crippen LogP contribution is 2.12. The lowest BCUT2D eigenvalue weighted by Crippen LogP contribution is -1.80. The summed E-state index contributed by atoms with van der Waals surface area (Å²) in [5, 5.41) is 0. The highest BCUT2D eigenvalue weighted by Gasteiger charge is 1.98. The molecule has 0 radical (unpaired) electrons. The quantitative estimate of drug-likeness (QED) is 0.765. The van der Waals surface area contributed by atoms with Gasteiger partial charge in [0.1, 0.15) is 0 Å². The fourth-order valence-electron chi connectivity index (χ4n) is 1.17. The molecule has 3 nitrogen and oxygen atoms in total. The van der Waals surface area contributed by atoms with E-state index in [1.54, 1.807) is 13.2 Å². The lowest BCUT2D eigenvalue weighted by Gasteiger charge is -1.89. The van der Waals surface area contributed by atoms with Gasteiger partial charge in [0.25, 0.3) is 5.88 Å². The Morgan fingerprint density at radius 3 is 2.67 bits per heavy atom. The van der Waals surface area contributed by atoms with Gasteiger partial charge in [-0.1, -0.05) is 30.3 Å². The molecule has 15 heavy (non-hydrogen) atoms. The smallest absolute Gasteiger partial charge is 0.252 e. The molecule has 0 aliphatic heterocycles. The maximum absolute atomic E-state index is 5.15. The zero-order valence-electron chi connectivity index (χ0n) is 8.38. The molecule has 0 saturated heterocycles. The molecule has 2 aromatic rings. The predicted molar refractivity (Wildman–Crippen MR) is 58.4 cm³/mol. The molecule has 0 atom stereocenters. The fraction of sp³-hybridized carbons (Fsp3) is 0.0833. The first kappa shape index (κ1) is 9.52. The summed E-state index contributed by atoms with van der Waals surface area (Å²) in [5.41, 5.74) is 1.11. The summed E-state index contributed by atoms with van der Waals surface area (Å²) in [6.07, 6.45) is 5.22. The van der Waals surface area contributed by atoms with E-state index in [4.69, 9.17) is 9.15 Å². The summed E-state index contributed by atoms with van der Waals surface area (Å²) < 4.78 is 10.1. The number of nitrogens with zero attached hydrogens (tertiary/aromatic N) is 1. The largest absolute Gasteiger partial charge is 0.479 e. The van der Waals surface area contributed by atoms with Crippen LogP contribution < -0.4 is 4.74 Å². The Kier molecular flexibility index (Phi) is 2.83. The van der Waals surface area contributed by atoms with Crippen LogP contribution >= 0.6 is 0 Å². The lowest BCUT2D eigenvalue weighted by atomic mass is 10.2. The van der Waals surface area contributed by atoms with Gasteiger partial charge in [-0.05, 0) is 11.6 Å². The van der Waals surface area contributed by atoms with E-state index < -0.39 is 0 Å². The van der Waals surface area contributed by atoms with Gasteiger partial charge in [0.15, 0.2) is 6.26 Å². The molecule has 0 unspecified atom stereocenters. The van der Waals surface area contributed by atoms with Crippen molar-refractivity contribution in [3.05, 3.63) is 48.0 Å². The summed E-state index contributed by atoms with van der Waals surface area (Å²) in [5.74, 6) is 1.03. The van der Waals surface area contributed by atoms with Crippen LogP contribution in [0.15, 0.2) is 41.0 Å². The van der Waals surface area contributed by atoms with Crippen LogP contribution in [0.4, 0.5) is 0 Å². The maximum Gasteiger partial charge on any atom is 0.252 e. The molecule has 1 heterocycles. The van der Waals surface area contributed by atoms with E-state index in [1.165, 1.54) is 6.26 Å². The van der Waals surface area contributed by atoms with Crippen molar-refractivity contribution in [1.29, 1.82) is 0 Å². The Labute approximate surface area is 88.0 Å². The summed E-state index contributed by atoms with van der Waals surface area (Å²) >= 11 is 0. The van der Waals surface area contributed by atoms with Crippen LogP contribution in [-0.4, -0.2) is 12.1 Å². The van der Waals surface area contributed by atoms with Crippen LogP contribution in [0.25, 0.3) is 12.2 Å². The van der Waals surface area contributed by atoms with E-state index in [0.717, 1.165) is 5.56 Å². The van der Waals surface area contributed by atoms with Gasteiger partial charge in [0, 0.05) is 6.08 Å². The van der Waals surface area contributed by atoms with Crippen LogP contribution in [0, 0.1) is 0 Å². The van der Waals surface area contributed by atoms with Crippen molar-refractivity contribution in [2.45, 2.75) is 0 Å². The number of methoxy groups -OCH3 is 1. The van der Waals surface area contributed by atoms with Crippen LogP contribution in [0.5, 0.6) is 5.88 Å². The van der Waals surface area contributed by atoms with Crippen LogP contribution in [0.1, 0.15) is 11.5 Å². The minimum Gasteiger partial charge on any atom is -0.479 e. The molecule has 2 rings (SSSR count). The molecule has 0 aliphatic carbocycles. The number of hydrogen-bond donors (Lipinski definition) is 0. The molecule has 0 spiro atoms. The van der Waals surface area contributed by atoms with Gasteiger partial charge in [-0.15, -0.1) is 0 Å². The van der Waals surface area contributed by atoms with E-state index in [0.29, 0.717) is 11.8 Å². The van der Waals surface area contributed by atoms with Crippen LogP contribution in [-0.2, 0) is 0 Å². The van der Waals surface area contributed by atoms with Gasteiger partial charge in [0.05, 0.1) is 7.11 Å². The number of aromatic nitrogens is 1. The van der Waals surface area contributed by atoms with E-state index in [2.05, 4.69) is 4.98 Å². The number of ether oxygens (including phenoxy) is 1. The minimum atomic E-state index is 0.489. The maximum atomic E-state index is 5.15. The number of rotatable bonds is 3. The van der Waals surface area contributed by atoms with Gasteiger partial charge in [-0.2, -0.15) is 4.98 Å². The Morgan fingerprint density at radius 1 is 1.20 bits per heavy atom. The molecule has 0 N–H and O–H groups in total. The van der Waals surface area contributed by atoms with Crippen molar-refractivity contribution in [2.75, 3.05) is 7.11 Å². The molecule has 0 aliphatic rings. The van der Waals surface area contributed by atoms with Gasteiger partial charge < -0.3 is 9.15 Å². The van der Waals surface area contributed by atoms with Gasteiger partial charge >= 0.3 is 0 Å². The van der Waals surface area contributed by atoms with Crippen LogP contribution in [0.2, 0.25) is 0 Å². The lowest BCUT2D eigenvalue weighted by molar-refractivity contribution is 0.395. The topological polar surface area (TPSA) is 35.3 Å². The molecule has 0 bridgehead atoms. The van der Waals surface area contributed by atoms with Gasteiger partial charge in [-0.25, -0.2) is 0 Å². The van der Waals surface area contributed by atoms with Crippen molar-refractivity contribution in [2.24, 2.45) is 0 Å². The van der Waals surface area contributed by atoms with Gasteiger partial charge in [-0.3, -0.25) is 0 Å². The van der Waals surface area contributed by atoms with Crippen LogP contribution in [0.3, 0.4) is 0 Å². The molecular formula is C12H11NO2. The van der Waals surface area contributed by atoms with E-state index in [1.807, 2.05) is 36.4 Å². The summed E-state index contributed by atoms with van der Waals surface area (Å²) in [4.78, 5) is 4.07. The number of benzene rings is 1. The molecule has 1 aromatic heterocycles. The molecule has 0 amide bonds. The predicted octanol–water partition coefficient (Wildman–Crippen LogP) is 2.85. The standard InChI is InChI=1S/C12H11NO2/c1-14-12-9-15-11(13-12)8-7-10-5-3-2-4-6-10/h2-9H,1H3. The van der Waals surface area contributed by atoms with Crippen molar-refractivity contribution >= 4 is 12.2 Å². The van der Waals surface area contributed by atoms with E-state index in [-0.39, 0.29) is 0 Å². The highest BCUT2D eigenvalue weighted by atomic mass is 16.5. The summed E-state index contributed by atoms with van der Waals surface area (Å²) in [6, 6.07) is 9.96.